The molecule has 1 aromatic heterocycles. The van der Waals surface area contributed by atoms with Crippen molar-refractivity contribution < 1.29 is 9.59 Å². The Morgan fingerprint density at radius 2 is 2.00 bits per heavy atom. The summed E-state index contributed by atoms with van der Waals surface area (Å²) >= 11 is 1.61. The van der Waals surface area contributed by atoms with Crippen LogP contribution in [-0.2, 0) is 9.59 Å². The Bertz CT molecular complexity index is 828. The van der Waals surface area contributed by atoms with Crippen molar-refractivity contribution in [2.24, 2.45) is 11.7 Å². The van der Waals surface area contributed by atoms with Crippen LogP contribution in [0.15, 0.2) is 41.8 Å². The molecule has 26 heavy (non-hydrogen) atoms. The van der Waals surface area contributed by atoms with Crippen molar-refractivity contribution in [3.63, 3.8) is 0 Å². The van der Waals surface area contributed by atoms with E-state index < -0.39 is 0 Å². The monoisotopic (exact) mass is 367 g/mol. The van der Waals surface area contributed by atoms with E-state index in [1.807, 2.05) is 41.8 Å². The molecule has 1 fully saturated rings. The summed E-state index contributed by atoms with van der Waals surface area (Å²) in [5.41, 5.74) is 7.09. The Hall–Kier alpha value is -2.78. The van der Waals surface area contributed by atoms with Crippen molar-refractivity contribution >= 4 is 28.8 Å². The van der Waals surface area contributed by atoms with Crippen LogP contribution in [0.4, 0.5) is 5.69 Å². The molecule has 134 valence electrons. The second kappa shape index (κ2) is 8.54. The molecule has 0 saturated carbocycles. The van der Waals surface area contributed by atoms with E-state index in [9.17, 15) is 9.59 Å². The lowest BCUT2D eigenvalue weighted by molar-refractivity contribution is -0.133. The van der Waals surface area contributed by atoms with Gasteiger partial charge in [-0.15, -0.1) is 11.3 Å². The summed E-state index contributed by atoms with van der Waals surface area (Å²) in [6.45, 7) is 1.39. The third-order valence-corrected chi connectivity index (χ3v) is 5.19. The highest BCUT2D eigenvalue weighted by molar-refractivity contribution is 7.10. The summed E-state index contributed by atoms with van der Waals surface area (Å²) < 4.78 is 0. The molecule has 1 aromatic carbocycles. The van der Waals surface area contributed by atoms with Gasteiger partial charge in [0.25, 0.3) is 0 Å². The number of rotatable bonds is 4. The lowest BCUT2D eigenvalue weighted by Gasteiger charge is -2.30. The molecule has 2 aromatic rings. The maximum absolute atomic E-state index is 12.3. The van der Waals surface area contributed by atoms with Gasteiger partial charge in [0.2, 0.25) is 11.8 Å². The van der Waals surface area contributed by atoms with E-state index in [2.05, 4.69) is 17.2 Å². The van der Waals surface area contributed by atoms with Crippen molar-refractivity contribution in [1.29, 1.82) is 0 Å². The molecule has 6 heteroatoms. The molecule has 0 aliphatic carbocycles. The number of primary amides is 1. The van der Waals surface area contributed by atoms with Crippen LogP contribution in [0.3, 0.4) is 0 Å². The van der Waals surface area contributed by atoms with E-state index >= 15 is 0 Å². The fraction of sp³-hybridized carbons (Fsp3) is 0.300. The van der Waals surface area contributed by atoms with Crippen molar-refractivity contribution in [3.8, 4) is 11.8 Å². The topological polar surface area (TPSA) is 75.4 Å². The standard InChI is InChI=1S/C20H21N3O2S/c21-20(25)16-8-10-23(11-9-16)19(24)14-22-17-4-1-3-15(13-17)6-7-18-5-2-12-26-18/h1-5,12-13,16,22H,8-11,14H2,(H2,21,25). The summed E-state index contributed by atoms with van der Waals surface area (Å²) in [5, 5.41) is 5.16. The molecule has 0 unspecified atom stereocenters. The molecule has 3 N–H and O–H groups in total. The number of nitrogens with two attached hydrogens (primary N) is 1. The minimum absolute atomic E-state index is 0.0305. The Kier molecular flexibility index (Phi) is 5.92. The predicted molar refractivity (Wildman–Crippen MR) is 104 cm³/mol. The largest absolute Gasteiger partial charge is 0.376 e. The number of amides is 2. The van der Waals surface area contributed by atoms with Crippen molar-refractivity contribution in [2.45, 2.75) is 12.8 Å². The number of nitrogens with zero attached hydrogens (tertiary/aromatic N) is 1. The minimum atomic E-state index is -0.268. The lowest BCUT2D eigenvalue weighted by atomic mass is 9.96. The van der Waals surface area contributed by atoms with Gasteiger partial charge in [0, 0.05) is 30.3 Å². The van der Waals surface area contributed by atoms with Gasteiger partial charge < -0.3 is 16.0 Å². The van der Waals surface area contributed by atoms with Gasteiger partial charge in [-0.1, -0.05) is 24.0 Å². The maximum Gasteiger partial charge on any atom is 0.241 e. The fourth-order valence-corrected chi connectivity index (χ4v) is 3.46. The van der Waals surface area contributed by atoms with Crippen LogP contribution in [0.5, 0.6) is 0 Å². The number of hydrogen-bond acceptors (Lipinski definition) is 4. The van der Waals surface area contributed by atoms with E-state index in [1.165, 1.54) is 0 Å². The first-order valence-electron chi connectivity index (χ1n) is 8.58. The van der Waals surface area contributed by atoms with Crippen LogP contribution >= 0.6 is 11.3 Å². The zero-order valence-electron chi connectivity index (χ0n) is 14.4. The lowest BCUT2D eigenvalue weighted by Crippen LogP contribution is -2.43. The number of hydrogen-bond donors (Lipinski definition) is 2. The molecule has 2 heterocycles. The second-order valence-electron chi connectivity index (χ2n) is 6.22. The first-order valence-corrected chi connectivity index (χ1v) is 9.46. The molecule has 5 nitrogen and oxygen atoms in total. The van der Waals surface area contributed by atoms with E-state index in [1.54, 1.807) is 16.2 Å². The van der Waals surface area contributed by atoms with Gasteiger partial charge in [-0.2, -0.15) is 0 Å². The molecule has 1 aliphatic rings. The second-order valence-corrected chi connectivity index (χ2v) is 7.17. The summed E-state index contributed by atoms with van der Waals surface area (Å²) in [7, 11) is 0. The number of benzene rings is 1. The van der Waals surface area contributed by atoms with E-state index in [-0.39, 0.29) is 24.3 Å². The van der Waals surface area contributed by atoms with Crippen molar-refractivity contribution in [3.05, 3.63) is 52.2 Å². The Balaban J connectivity index is 1.52. The van der Waals surface area contributed by atoms with E-state index in [4.69, 9.17) is 5.73 Å². The third-order valence-electron chi connectivity index (χ3n) is 4.41. The minimum Gasteiger partial charge on any atom is -0.376 e. The van der Waals surface area contributed by atoms with Crippen LogP contribution in [0, 0.1) is 17.8 Å². The number of thiophene rings is 1. The van der Waals surface area contributed by atoms with Crippen LogP contribution in [-0.4, -0.2) is 36.3 Å². The van der Waals surface area contributed by atoms with Crippen LogP contribution < -0.4 is 11.1 Å². The van der Waals surface area contributed by atoms with Gasteiger partial charge in [-0.3, -0.25) is 9.59 Å². The fourth-order valence-electron chi connectivity index (χ4n) is 2.89. The Morgan fingerprint density at radius 3 is 2.69 bits per heavy atom. The highest BCUT2D eigenvalue weighted by Gasteiger charge is 2.25. The number of carbonyl (C=O) groups excluding carboxylic acids is 2. The number of anilines is 1. The van der Waals surface area contributed by atoms with Crippen LogP contribution in [0.2, 0.25) is 0 Å². The predicted octanol–water partition coefficient (Wildman–Crippen LogP) is 2.28. The smallest absolute Gasteiger partial charge is 0.241 e. The van der Waals surface area contributed by atoms with Crippen molar-refractivity contribution in [2.75, 3.05) is 25.0 Å². The van der Waals surface area contributed by atoms with Gasteiger partial charge >= 0.3 is 0 Å². The van der Waals surface area contributed by atoms with Gasteiger partial charge in [0.05, 0.1) is 11.4 Å². The van der Waals surface area contributed by atoms with Crippen molar-refractivity contribution in [1.82, 2.24) is 4.90 Å². The normalized spacial score (nSPS) is 14.4. The zero-order valence-corrected chi connectivity index (χ0v) is 15.2. The first kappa shape index (κ1) is 18.0. The molecule has 2 amide bonds. The summed E-state index contributed by atoms with van der Waals surface area (Å²) in [4.78, 5) is 26.3. The molecule has 0 atom stereocenters. The molecular formula is C20H21N3O2S. The number of piperidine rings is 1. The molecule has 0 radical (unpaired) electrons. The maximum atomic E-state index is 12.3. The van der Waals surface area contributed by atoms with Crippen LogP contribution in [0.1, 0.15) is 23.3 Å². The average Bonchev–Trinajstić information content (AvgIpc) is 3.18. The van der Waals surface area contributed by atoms with E-state index in [0.717, 1.165) is 16.1 Å². The Labute approximate surface area is 157 Å². The van der Waals surface area contributed by atoms with E-state index in [0.29, 0.717) is 25.9 Å². The highest BCUT2D eigenvalue weighted by atomic mass is 32.1. The molecule has 0 bridgehead atoms. The summed E-state index contributed by atoms with van der Waals surface area (Å²) in [6, 6.07) is 11.7. The SMILES string of the molecule is NC(=O)C1CCN(C(=O)CNc2cccc(C#Cc3cccs3)c2)CC1. The molecule has 0 spiro atoms. The van der Waals surface area contributed by atoms with Gasteiger partial charge in [-0.05, 0) is 42.5 Å². The first-order chi connectivity index (χ1) is 12.6. The average molecular weight is 367 g/mol. The number of nitrogens with one attached hydrogen (secondary N) is 1. The summed E-state index contributed by atoms with van der Waals surface area (Å²) in [5.74, 6) is 5.92. The number of carbonyl (C=O) groups is 2. The molecular weight excluding hydrogens is 346 g/mol. The quantitative estimate of drug-likeness (QED) is 0.814. The molecule has 1 saturated heterocycles. The van der Waals surface area contributed by atoms with Gasteiger partial charge in [0.15, 0.2) is 0 Å². The molecule has 3 rings (SSSR count). The Morgan fingerprint density at radius 1 is 1.19 bits per heavy atom. The summed E-state index contributed by atoms with van der Waals surface area (Å²) in [6.07, 6.45) is 1.30. The van der Waals surface area contributed by atoms with Gasteiger partial charge in [0.1, 0.15) is 0 Å². The number of likely N-dealkylation sites (tertiary alicyclic amines) is 1. The third kappa shape index (κ3) is 4.87. The molecule has 1 aliphatic heterocycles. The zero-order chi connectivity index (χ0) is 18.4. The highest BCUT2D eigenvalue weighted by Crippen LogP contribution is 2.17. The van der Waals surface area contributed by atoms with Gasteiger partial charge in [-0.25, -0.2) is 0 Å². The van der Waals surface area contributed by atoms with Crippen LogP contribution in [0.25, 0.3) is 0 Å².